The van der Waals surface area contributed by atoms with Crippen LogP contribution < -0.4 is 11.1 Å². The van der Waals surface area contributed by atoms with Gasteiger partial charge in [-0.1, -0.05) is 0 Å². The van der Waals surface area contributed by atoms with Crippen LogP contribution in [0.1, 0.15) is 5.69 Å². The maximum absolute atomic E-state index is 5.49. The zero-order chi connectivity index (χ0) is 9.80. The molecule has 5 nitrogen and oxygen atoms in total. The van der Waals surface area contributed by atoms with Crippen molar-refractivity contribution in [2.24, 2.45) is 0 Å². The van der Waals surface area contributed by atoms with Crippen molar-refractivity contribution in [2.45, 2.75) is 6.42 Å². The Hall–Kier alpha value is -1.56. The molecule has 0 aliphatic heterocycles. The predicted molar refractivity (Wildman–Crippen MR) is 57.3 cm³/mol. The van der Waals surface area contributed by atoms with Gasteiger partial charge in [-0.25, -0.2) is 4.98 Å². The van der Waals surface area contributed by atoms with Gasteiger partial charge in [-0.15, -0.1) is 0 Å². The lowest BCUT2D eigenvalue weighted by atomic mass is 10.3. The van der Waals surface area contributed by atoms with Gasteiger partial charge >= 0.3 is 0 Å². The van der Waals surface area contributed by atoms with Crippen molar-refractivity contribution in [1.29, 1.82) is 0 Å². The maximum atomic E-state index is 5.49. The van der Waals surface area contributed by atoms with Gasteiger partial charge in [0.15, 0.2) is 0 Å². The molecule has 0 aliphatic rings. The van der Waals surface area contributed by atoms with E-state index in [2.05, 4.69) is 19.7 Å². The van der Waals surface area contributed by atoms with Crippen molar-refractivity contribution in [3.05, 3.63) is 24.3 Å². The fraction of sp³-hybridized carbons (Fsp3) is 0.250. The Bertz CT molecular complexity index is 380. The van der Waals surface area contributed by atoms with Crippen LogP contribution in [0.4, 0.5) is 10.8 Å². The van der Waals surface area contributed by atoms with Crippen molar-refractivity contribution in [2.75, 3.05) is 17.6 Å². The molecule has 74 valence electrons. The minimum absolute atomic E-state index is 0.569. The summed E-state index contributed by atoms with van der Waals surface area (Å²) in [5.41, 5.74) is 6.61. The minimum atomic E-state index is 0.569. The molecule has 0 saturated heterocycles. The first-order valence-electron chi connectivity index (χ1n) is 4.28. The van der Waals surface area contributed by atoms with Crippen molar-refractivity contribution >= 4 is 22.4 Å². The SMILES string of the molecule is Nc1cc(NCCc2cnc[nH]2)sn1. The first kappa shape index (κ1) is 9.01. The van der Waals surface area contributed by atoms with Crippen LogP contribution in [0.15, 0.2) is 18.6 Å². The average molecular weight is 209 g/mol. The lowest BCUT2D eigenvalue weighted by molar-refractivity contribution is 0.980. The number of aromatic amines is 1. The van der Waals surface area contributed by atoms with Crippen LogP contribution in [0.25, 0.3) is 0 Å². The Morgan fingerprint density at radius 3 is 3.14 bits per heavy atom. The van der Waals surface area contributed by atoms with Crippen LogP contribution in [-0.2, 0) is 6.42 Å². The van der Waals surface area contributed by atoms with Gasteiger partial charge in [0.05, 0.1) is 6.33 Å². The summed E-state index contributed by atoms with van der Waals surface area (Å²) in [6, 6.07) is 1.83. The van der Waals surface area contributed by atoms with Crippen LogP contribution in [0.2, 0.25) is 0 Å². The number of imidazole rings is 1. The van der Waals surface area contributed by atoms with E-state index in [1.165, 1.54) is 11.5 Å². The minimum Gasteiger partial charge on any atom is -0.383 e. The van der Waals surface area contributed by atoms with Gasteiger partial charge in [-0.2, -0.15) is 4.37 Å². The normalized spacial score (nSPS) is 10.3. The predicted octanol–water partition coefficient (Wildman–Crippen LogP) is 1.10. The third kappa shape index (κ3) is 2.23. The smallest absolute Gasteiger partial charge is 0.139 e. The standard InChI is InChI=1S/C8H11N5S/c9-7-3-8(14-13-7)11-2-1-6-4-10-5-12-6/h3-5,11H,1-2H2,(H2,9,13)(H,10,12). The molecule has 0 bridgehead atoms. The van der Waals surface area contributed by atoms with Gasteiger partial charge in [0.2, 0.25) is 0 Å². The van der Waals surface area contributed by atoms with Crippen LogP contribution >= 0.6 is 11.5 Å². The summed E-state index contributed by atoms with van der Waals surface area (Å²) in [5.74, 6) is 0.569. The molecule has 0 saturated carbocycles. The highest BCUT2D eigenvalue weighted by Crippen LogP contribution is 2.16. The number of nitrogens with one attached hydrogen (secondary N) is 2. The summed E-state index contributed by atoms with van der Waals surface area (Å²) < 4.78 is 3.97. The Morgan fingerprint density at radius 2 is 2.50 bits per heavy atom. The number of nitrogens with two attached hydrogens (primary N) is 1. The molecule has 0 amide bonds. The Balaban J connectivity index is 1.78. The molecule has 2 rings (SSSR count). The summed E-state index contributed by atoms with van der Waals surface area (Å²) >= 11 is 1.37. The topological polar surface area (TPSA) is 79.6 Å². The highest BCUT2D eigenvalue weighted by molar-refractivity contribution is 7.10. The molecule has 2 aromatic rings. The van der Waals surface area contributed by atoms with Crippen LogP contribution in [0, 0.1) is 0 Å². The molecule has 0 radical (unpaired) electrons. The number of rotatable bonds is 4. The van der Waals surface area contributed by atoms with E-state index in [9.17, 15) is 0 Å². The van der Waals surface area contributed by atoms with Crippen LogP contribution in [0.5, 0.6) is 0 Å². The van der Waals surface area contributed by atoms with Crippen LogP contribution in [0.3, 0.4) is 0 Å². The fourth-order valence-electron chi connectivity index (χ4n) is 1.11. The monoisotopic (exact) mass is 209 g/mol. The molecule has 0 fully saturated rings. The quantitative estimate of drug-likeness (QED) is 0.704. The number of nitrogens with zero attached hydrogens (tertiary/aromatic N) is 2. The molecule has 0 aromatic carbocycles. The van der Waals surface area contributed by atoms with E-state index in [0.29, 0.717) is 5.82 Å². The summed E-state index contributed by atoms with van der Waals surface area (Å²) in [6.07, 6.45) is 4.42. The molecular weight excluding hydrogens is 198 g/mol. The molecule has 0 aliphatic carbocycles. The van der Waals surface area contributed by atoms with Crippen LogP contribution in [-0.4, -0.2) is 20.9 Å². The van der Waals surface area contributed by atoms with Crippen molar-refractivity contribution in [3.63, 3.8) is 0 Å². The molecule has 14 heavy (non-hydrogen) atoms. The molecule has 6 heteroatoms. The second-order valence-electron chi connectivity index (χ2n) is 2.87. The Kier molecular flexibility index (Phi) is 2.64. The second-order valence-corrected chi connectivity index (χ2v) is 3.67. The third-order valence-electron chi connectivity index (χ3n) is 1.78. The summed E-state index contributed by atoms with van der Waals surface area (Å²) in [7, 11) is 0. The number of aromatic nitrogens is 3. The van der Waals surface area contributed by atoms with Crippen molar-refractivity contribution in [1.82, 2.24) is 14.3 Å². The molecule has 0 atom stereocenters. The first-order chi connectivity index (χ1) is 6.84. The Labute approximate surface area is 85.5 Å². The first-order valence-corrected chi connectivity index (χ1v) is 5.05. The molecular formula is C8H11N5S. The van der Waals surface area contributed by atoms with Gasteiger partial charge in [-0.3, -0.25) is 0 Å². The van der Waals surface area contributed by atoms with E-state index < -0.39 is 0 Å². The number of anilines is 2. The van der Waals surface area contributed by atoms with Gasteiger partial charge in [-0.05, 0) is 11.5 Å². The molecule has 4 N–H and O–H groups in total. The number of hydrogen-bond acceptors (Lipinski definition) is 5. The zero-order valence-electron chi connectivity index (χ0n) is 7.53. The third-order valence-corrected chi connectivity index (χ3v) is 2.54. The van der Waals surface area contributed by atoms with Crippen molar-refractivity contribution < 1.29 is 0 Å². The molecule has 0 unspecified atom stereocenters. The van der Waals surface area contributed by atoms with E-state index in [4.69, 9.17) is 5.73 Å². The van der Waals surface area contributed by atoms with E-state index in [1.54, 1.807) is 6.33 Å². The van der Waals surface area contributed by atoms with Gasteiger partial charge in [0.1, 0.15) is 10.8 Å². The highest BCUT2D eigenvalue weighted by atomic mass is 32.1. The van der Waals surface area contributed by atoms with Crippen molar-refractivity contribution in [3.8, 4) is 0 Å². The second kappa shape index (κ2) is 4.10. The van der Waals surface area contributed by atoms with E-state index in [1.807, 2.05) is 12.3 Å². The van der Waals surface area contributed by atoms with E-state index >= 15 is 0 Å². The molecule has 2 aromatic heterocycles. The zero-order valence-corrected chi connectivity index (χ0v) is 8.34. The number of hydrogen-bond donors (Lipinski definition) is 3. The summed E-state index contributed by atoms with van der Waals surface area (Å²) in [4.78, 5) is 6.98. The highest BCUT2D eigenvalue weighted by Gasteiger charge is 1.98. The van der Waals surface area contributed by atoms with Gasteiger partial charge in [0.25, 0.3) is 0 Å². The lowest BCUT2D eigenvalue weighted by Gasteiger charge is -1.99. The number of nitrogen functional groups attached to an aromatic ring is 1. The van der Waals surface area contributed by atoms with E-state index in [-0.39, 0.29) is 0 Å². The largest absolute Gasteiger partial charge is 0.383 e. The maximum Gasteiger partial charge on any atom is 0.139 e. The van der Waals surface area contributed by atoms with E-state index in [0.717, 1.165) is 23.7 Å². The summed E-state index contributed by atoms with van der Waals surface area (Å²) in [6.45, 7) is 0.851. The van der Waals surface area contributed by atoms with Gasteiger partial charge in [0, 0.05) is 30.9 Å². The number of H-pyrrole nitrogens is 1. The fourth-order valence-corrected chi connectivity index (χ4v) is 1.71. The van der Waals surface area contributed by atoms with Gasteiger partial charge < -0.3 is 16.0 Å². The average Bonchev–Trinajstić information content (AvgIpc) is 2.77. The molecule has 0 spiro atoms. The summed E-state index contributed by atoms with van der Waals surface area (Å²) in [5, 5.41) is 4.23. The molecule has 2 heterocycles. The Morgan fingerprint density at radius 1 is 1.57 bits per heavy atom. The lowest BCUT2D eigenvalue weighted by Crippen LogP contribution is -2.03.